The lowest BCUT2D eigenvalue weighted by atomic mass is 9.92. The van der Waals surface area contributed by atoms with Gasteiger partial charge in [-0.2, -0.15) is 0 Å². The molecule has 3 aromatic rings. The average Bonchev–Trinajstić information content (AvgIpc) is 3.20. The van der Waals surface area contributed by atoms with Gasteiger partial charge in [0.25, 0.3) is 5.91 Å². The van der Waals surface area contributed by atoms with Gasteiger partial charge in [-0.3, -0.25) is 9.36 Å². The third-order valence-electron chi connectivity index (χ3n) is 5.48. The van der Waals surface area contributed by atoms with Crippen molar-refractivity contribution in [3.8, 4) is 17.1 Å². The van der Waals surface area contributed by atoms with Crippen LogP contribution in [-0.4, -0.2) is 34.7 Å². The molecule has 1 heterocycles. The molecule has 1 amide bonds. The second kappa shape index (κ2) is 9.21. The van der Waals surface area contributed by atoms with Gasteiger partial charge in [0.1, 0.15) is 11.5 Å². The van der Waals surface area contributed by atoms with Crippen LogP contribution in [0.3, 0.4) is 0 Å². The number of hydrogen-bond acceptors (Lipinski definition) is 3. The van der Waals surface area contributed by atoms with E-state index in [1.807, 2.05) is 41.0 Å². The number of hydrogen-bond donors (Lipinski definition) is 1. The van der Waals surface area contributed by atoms with Crippen LogP contribution in [0.1, 0.15) is 36.2 Å². The van der Waals surface area contributed by atoms with E-state index in [2.05, 4.69) is 10.3 Å². The third kappa shape index (κ3) is 4.38. The van der Waals surface area contributed by atoms with Gasteiger partial charge in [-0.05, 0) is 49.2 Å². The number of methoxy groups -OCH3 is 1. The number of amides is 1. The number of nitrogens with one attached hydrogen (secondary N) is 1. The number of carbonyl (C=O) groups excluding carboxylic acids is 1. The fraction of sp³-hybridized carbons (Fsp3) is 0.304. The van der Waals surface area contributed by atoms with Gasteiger partial charge in [-0.15, -0.1) is 0 Å². The van der Waals surface area contributed by atoms with Gasteiger partial charge in [-0.25, -0.2) is 4.98 Å². The van der Waals surface area contributed by atoms with E-state index in [-0.39, 0.29) is 18.1 Å². The summed E-state index contributed by atoms with van der Waals surface area (Å²) in [4.78, 5) is 17.7. The van der Waals surface area contributed by atoms with E-state index in [0.717, 1.165) is 36.9 Å². The van der Waals surface area contributed by atoms with Crippen LogP contribution in [0, 0.1) is 0 Å². The van der Waals surface area contributed by atoms with Crippen molar-refractivity contribution in [1.29, 1.82) is 0 Å². The highest BCUT2D eigenvalue weighted by Gasteiger charge is 2.28. The molecule has 2 atom stereocenters. The van der Waals surface area contributed by atoms with Crippen molar-refractivity contribution in [2.24, 2.45) is 0 Å². The molecule has 1 aliphatic rings. The molecule has 156 valence electrons. The maximum Gasteiger partial charge on any atom is 0.271 e. The highest BCUT2D eigenvalue weighted by atomic mass is 35.5. The molecular weight excluding hydrogens is 421 g/mol. The first-order valence-electron chi connectivity index (χ1n) is 10.0. The predicted octanol–water partition coefficient (Wildman–Crippen LogP) is 5.53. The second-order valence-corrected chi connectivity index (χ2v) is 8.26. The molecule has 1 fully saturated rings. The maximum atomic E-state index is 13.0. The molecule has 1 aromatic heterocycles. The molecule has 1 saturated carbocycles. The molecule has 0 bridgehead atoms. The van der Waals surface area contributed by atoms with E-state index < -0.39 is 0 Å². The van der Waals surface area contributed by atoms with Gasteiger partial charge < -0.3 is 10.1 Å². The van der Waals surface area contributed by atoms with Crippen molar-refractivity contribution in [3.63, 3.8) is 0 Å². The molecule has 1 N–H and O–H groups in total. The number of imidazole rings is 1. The van der Waals surface area contributed by atoms with Crippen molar-refractivity contribution in [3.05, 3.63) is 70.5 Å². The first-order valence-corrected chi connectivity index (χ1v) is 10.8. The molecule has 0 aliphatic heterocycles. The van der Waals surface area contributed by atoms with Crippen LogP contribution in [0.25, 0.3) is 17.1 Å². The zero-order valence-corrected chi connectivity index (χ0v) is 18.2. The van der Waals surface area contributed by atoms with Crippen molar-refractivity contribution >= 4 is 29.1 Å². The topological polar surface area (TPSA) is 56.1 Å². The Hall–Kier alpha value is -2.34. The zero-order valence-electron chi connectivity index (χ0n) is 16.6. The van der Waals surface area contributed by atoms with Crippen LogP contribution in [0.4, 0.5) is 0 Å². The van der Waals surface area contributed by atoms with E-state index in [9.17, 15) is 4.79 Å². The van der Waals surface area contributed by atoms with Gasteiger partial charge in [-0.1, -0.05) is 48.2 Å². The Morgan fingerprint density at radius 2 is 1.83 bits per heavy atom. The van der Waals surface area contributed by atoms with E-state index in [0.29, 0.717) is 21.6 Å². The summed E-state index contributed by atoms with van der Waals surface area (Å²) in [6.07, 6.45) is 5.82. The van der Waals surface area contributed by atoms with Crippen molar-refractivity contribution < 1.29 is 9.53 Å². The Kier molecular flexibility index (Phi) is 6.42. The van der Waals surface area contributed by atoms with Gasteiger partial charge in [0.15, 0.2) is 0 Å². The molecule has 5 nitrogen and oxygen atoms in total. The Bertz CT molecular complexity index is 1030. The number of aromatic nitrogens is 2. The van der Waals surface area contributed by atoms with Crippen molar-refractivity contribution in [2.75, 3.05) is 7.11 Å². The minimum Gasteiger partial charge on any atom is -0.379 e. The van der Waals surface area contributed by atoms with Crippen molar-refractivity contribution in [2.45, 2.75) is 37.8 Å². The Balaban J connectivity index is 1.71. The molecule has 2 aromatic carbocycles. The van der Waals surface area contributed by atoms with Crippen LogP contribution in [-0.2, 0) is 4.74 Å². The lowest BCUT2D eigenvalue weighted by Crippen LogP contribution is -2.46. The summed E-state index contributed by atoms with van der Waals surface area (Å²) >= 11 is 12.5. The fourth-order valence-electron chi connectivity index (χ4n) is 3.91. The minimum absolute atomic E-state index is 0.0132. The SMILES string of the molecule is CO[C@@H]1CCCC[C@H]1NC(=O)c1cn(-c2ccc(Cl)cc2)c(-c2ccccc2Cl)n1. The molecule has 30 heavy (non-hydrogen) atoms. The first-order chi connectivity index (χ1) is 14.6. The predicted molar refractivity (Wildman–Crippen MR) is 120 cm³/mol. The highest BCUT2D eigenvalue weighted by molar-refractivity contribution is 6.33. The summed E-state index contributed by atoms with van der Waals surface area (Å²) in [6.45, 7) is 0. The number of benzene rings is 2. The van der Waals surface area contributed by atoms with E-state index in [4.69, 9.17) is 27.9 Å². The lowest BCUT2D eigenvalue weighted by molar-refractivity contribution is 0.0391. The molecule has 0 saturated heterocycles. The number of carbonyl (C=O) groups is 1. The molecule has 0 spiro atoms. The zero-order chi connectivity index (χ0) is 21.1. The van der Waals surface area contributed by atoms with E-state index in [1.165, 1.54) is 0 Å². The number of nitrogens with zero attached hydrogens (tertiary/aromatic N) is 2. The van der Waals surface area contributed by atoms with Gasteiger partial charge in [0.2, 0.25) is 0 Å². The molecule has 4 rings (SSSR count). The normalized spacial score (nSPS) is 18.9. The monoisotopic (exact) mass is 443 g/mol. The molecule has 0 radical (unpaired) electrons. The van der Waals surface area contributed by atoms with Crippen LogP contribution in [0.2, 0.25) is 10.0 Å². The maximum absolute atomic E-state index is 13.0. The highest BCUT2D eigenvalue weighted by Crippen LogP contribution is 2.30. The summed E-state index contributed by atoms with van der Waals surface area (Å²) < 4.78 is 7.43. The smallest absolute Gasteiger partial charge is 0.271 e. The number of halogens is 2. The minimum atomic E-state index is -0.218. The van der Waals surface area contributed by atoms with Crippen LogP contribution < -0.4 is 5.32 Å². The van der Waals surface area contributed by atoms with Crippen LogP contribution in [0.15, 0.2) is 54.7 Å². The average molecular weight is 444 g/mol. The van der Waals surface area contributed by atoms with Crippen LogP contribution >= 0.6 is 23.2 Å². The molecule has 0 unspecified atom stereocenters. The molecule has 7 heteroatoms. The van der Waals surface area contributed by atoms with E-state index in [1.54, 1.807) is 25.4 Å². The summed E-state index contributed by atoms with van der Waals surface area (Å²) in [7, 11) is 1.69. The molecular formula is C23H23Cl2N3O2. The fourth-order valence-corrected chi connectivity index (χ4v) is 4.25. The summed E-state index contributed by atoms with van der Waals surface area (Å²) in [6, 6.07) is 14.8. The standard InChI is InChI=1S/C23H23Cl2N3O2/c1-30-21-9-5-4-8-19(21)27-23(29)20-14-28(16-12-10-15(24)11-13-16)22(26-20)17-6-2-3-7-18(17)25/h2-3,6-7,10-14,19,21H,4-5,8-9H2,1H3,(H,27,29)/t19-,21-/m1/s1. The summed E-state index contributed by atoms with van der Waals surface area (Å²) in [5, 5.41) is 4.31. The Morgan fingerprint density at radius 1 is 1.10 bits per heavy atom. The first kappa shape index (κ1) is 20.9. The number of ether oxygens (including phenoxy) is 1. The third-order valence-corrected chi connectivity index (χ3v) is 6.06. The van der Waals surface area contributed by atoms with Gasteiger partial charge in [0, 0.05) is 29.6 Å². The van der Waals surface area contributed by atoms with Crippen molar-refractivity contribution in [1.82, 2.24) is 14.9 Å². The number of rotatable bonds is 5. The Labute approximate surface area is 186 Å². The molecule has 1 aliphatic carbocycles. The summed E-state index contributed by atoms with van der Waals surface area (Å²) in [5.41, 5.74) is 1.93. The quantitative estimate of drug-likeness (QED) is 0.563. The lowest BCUT2D eigenvalue weighted by Gasteiger charge is -2.30. The largest absolute Gasteiger partial charge is 0.379 e. The summed E-state index contributed by atoms with van der Waals surface area (Å²) in [5.74, 6) is 0.380. The second-order valence-electron chi connectivity index (χ2n) is 7.41. The van der Waals surface area contributed by atoms with Gasteiger partial charge >= 0.3 is 0 Å². The van der Waals surface area contributed by atoms with Gasteiger partial charge in [0.05, 0.1) is 17.2 Å². The van der Waals surface area contributed by atoms with Crippen LogP contribution in [0.5, 0.6) is 0 Å². The Morgan fingerprint density at radius 3 is 2.57 bits per heavy atom. The van der Waals surface area contributed by atoms with E-state index >= 15 is 0 Å².